The van der Waals surface area contributed by atoms with E-state index in [2.05, 4.69) is 10.3 Å². The molecule has 2 amide bonds. The van der Waals surface area contributed by atoms with Crippen molar-refractivity contribution in [3.05, 3.63) is 53.2 Å². The maximum Gasteiger partial charge on any atom is 0.254 e. The van der Waals surface area contributed by atoms with Gasteiger partial charge in [0.1, 0.15) is 0 Å². The van der Waals surface area contributed by atoms with Crippen molar-refractivity contribution in [3.63, 3.8) is 0 Å². The van der Waals surface area contributed by atoms with Gasteiger partial charge in [-0.3, -0.25) is 14.6 Å². The van der Waals surface area contributed by atoms with Gasteiger partial charge in [0.15, 0.2) is 0 Å². The van der Waals surface area contributed by atoms with Gasteiger partial charge in [-0.15, -0.1) is 0 Å². The number of carbonyl (C=O) groups excluding carboxylic acids is 2. The highest BCUT2D eigenvalue weighted by atomic mass is 35.5. The van der Waals surface area contributed by atoms with E-state index in [4.69, 9.17) is 11.6 Å². The Balaban J connectivity index is 1.86. The fraction of sp³-hybridized carbons (Fsp3) is 0.278. The van der Waals surface area contributed by atoms with E-state index in [1.54, 1.807) is 23.2 Å². The van der Waals surface area contributed by atoms with Crippen molar-refractivity contribution < 1.29 is 9.59 Å². The van der Waals surface area contributed by atoms with E-state index in [1.165, 1.54) is 0 Å². The summed E-state index contributed by atoms with van der Waals surface area (Å²) in [5.74, 6) is -0.0916. The quantitative estimate of drug-likeness (QED) is 0.912. The summed E-state index contributed by atoms with van der Waals surface area (Å²) in [7, 11) is 0. The number of nitrogens with one attached hydrogen (secondary N) is 1. The van der Waals surface area contributed by atoms with Crippen LogP contribution in [0.25, 0.3) is 11.3 Å². The summed E-state index contributed by atoms with van der Waals surface area (Å²) < 4.78 is 0. The third-order valence-corrected chi connectivity index (χ3v) is 4.32. The van der Waals surface area contributed by atoms with E-state index < -0.39 is 0 Å². The molecule has 2 heterocycles. The monoisotopic (exact) mass is 343 g/mol. The number of amides is 2. The maximum absolute atomic E-state index is 12.9. The van der Waals surface area contributed by atoms with Crippen LogP contribution in [-0.2, 0) is 4.79 Å². The topological polar surface area (TPSA) is 62.3 Å². The molecule has 0 radical (unpaired) electrons. The molecule has 1 fully saturated rings. The minimum atomic E-state index is -0.0742. The zero-order chi connectivity index (χ0) is 17.1. The molecule has 0 aliphatic carbocycles. The highest BCUT2D eigenvalue weighted by Gasteiger charge is 2.25. The first kappa shape index (κ1) is 16.5. The molecule has 1 aliphatic rings. The van der Waals surface area contributed by atoms with Gasteiger partial charge in [0.05, 0.1) is 10.7 Å². The van der Waals surface area contributed by atoms with Crippen molar-refractivity contribution in [3.8, 4) is 11.3 Å². The molecule has 1 N–H and O–H groups in total. The van der Waals surface area contributed by atoms with Crippen molar-refractivity contribution >= 4 is 23.4 Å². The molecule has 5 nitrogen and oxygen atoms in total. The first-order valence-corrected chi connectivity index (χ1v) is 8.22. The molecule has 0 unspecified atom stereocenters. The average molecular weight is 344 g/mol. The van der Waals surface area contributed by atoms with Crippen LogP contribution < -0.4 is 5.32 Å². The van der Waals surface area contributed by atoms with E-state index in [0.717, 1.165) is 11.3 Å². The van der Waals surface area contributed by atoms with E-state index in [0.29, 0.717) is 30.1 Å². The Labute approximate surface area is 145 Å². The van der Waals surface area contributed by atoms with Crippen LogP contribution in [0.3, 0.4) is 0 Å². The number of aromatic nitrogens is 1. The third-order valence-electron chi connectivity index (χ3n) is 4.10. The van der Waals surface area contributed by atoms with Crippen LogP contribution in [0.4, 0.5) is 0 Å². The second-order valence-corrected chi connectivity index (χ2v) is 6.28. The number of nitrogens with zero attached hydrogens (tertiary/aromatic N) is 2. The maximum atomic E-state index is 12.9. The standard InChI is InChI=1S/C18H18ClN3O2/c1-12-10-21-17(23)7-8-22(12)18(24)14-4-2-3-13(9-14)16-6-5-15(19)11-20-16/h2-6,9,11-12H,7-8,10H2,1H3,(H,21,23)/t12-/m1/s1. The average Bonchev–Trinajstić information content (AvgIpc) is 2.76. The van der Waals surface area contributed by atoms with Crippen molar-refractivity contribution in [2.75, 3.05) is 13.1 Å². The van der Waals surface area contributed by atoms with Crippen LogP contribution in [0.1, 0.15) is 23.7 Å². The number of rotatable bonds is 2. The van der Waals surface area contributed by atoms with Gasteiger partial charge in [-0.2, -0.15) is 0 Å². The van der Waals surface area contributed by atoms with Crippen molar-refractivity contribution in [2.45, 2.75) is 19.4 Å². The van der Waals surface area contributed by atoms with Crippen molar-refractivity contribution in [1.82, 2.24) is 15.2 Å². The van der Waals surface area contributed by atoms with E-state index in [-0.39, 0.29) is 17.9 Å². The molecule has 1 atom stereocenters. The Morgan fingerprint density at radius 2 is 2.17 bits per heavy atom. The molecule has 0 saturated carbocycles. The lowest BCUT2D eigenvalue weighted by Crippen LogP contribution is -2.41. The van der Waals surface area contributed by atoms with Crippen LogP contribution in [0.2, 0.25) is 5.02 Å². The number of carbonyl (C=O) groups is 2. The van der Waals surface area contributed by atoms with Crippen molar-refractivity contribution in [1.29, 1.82) is 0 Å². The molecule has 3 rings (SSSR count). The normalized spacial score (nSPS) is 18.0. The number of hydrogen-bond acceptors (Lipinski definition) is 3. The molecule has 1 aliphatic heterocycles. The Kier molecular flexibility index (Phi) is 4.81. The van der Waals surface area contributed by atoms with Crippen LogP contribution in [0, 0.1) is 0 Å². The molecule has 124 valence electrons. The predicted molar refractivity (Wildman–Crippen MR) is 92.8 cm³/mol. The number of halogens is 1. The molecular formula is C18H18ClN3O2. The summed E-state index contributed by atoms with van der Waals surface area (Å²) >= 11 is 5.87. The first-order valence-electron chi connectivity index (χ1n) is 7.84. The lowest BCUT2D eigenvalue weighted by atomic mass is 10.1. The van der Waals surface area contributed by atoms with Crippen LogP contribution in [-0.4, -0.2) is 40.8 Å². The molecule has 0 spiro atoms. The summed E-state index contributed by atoms with van der Waals surface area (Å²) in [5.41, 5.74) is 2.20. The Hall–Kier alpha value is -2.40. The molecule has 1 aromatic carbocycles. The zero-order valence-corrected chi connectivity index (χ0v) is 14.1. The Morgan fingerprint density at radius 3 is 2.92 bits per heavy atom. The molecule has 1 aromatic heterocycles. The summed E-state index contributed by atoms with van der Waals surface area (Å²) in [6.07, 6.45) is 1.91. The first-order chi connectivity index (χ1) is 11.5. The summed E-state index contributed by atoms with van der Waals surface area (Å²) in [5, 5.41) is 3.39. The SMILES string of the molecule is C[C@@H]1CNC(=O)CCN1C(=O)c1cccc(-c2ccc(Cl)cn2)c1. The number of hydrogen-bond donors (Lipinski definition) is 1. The molecule has 0 bridgehead atoms. The lowest BCUT2D eigenvalue weighted by molar-refractivity contribution is -0.120. The lowest BCUT2D eigenvalue weighted by Gasteiger charge is -2.26. The molecule has 24 heavy (non-hydrogen) atoms. The fourth-order valence-corrected chi connectivity index (χ4v) is 2.84. The van der Waals surface area contributed by atoms with Crippen LogP contribution >= 0.6 is 11.6 Å². The second kappa shape index (κ2) is 7.01. The largest absolute Gasteiger partial charge is 0.354 e. The predicted octanol–water partition coefficient (Wildman–Crippen LogP) is 2.75. The molecule has 1 saturated heterocycles. The van der Waals surface area contributed by atoms with Crippen molar-refractivity contribution in [2.24, 2.45) is 0 Å². The number of pyridine rings is 1. The van der Waals surface area contributed by atoms with Gasteiger partial charge in [0.2, 0.25) is 5.91 Å². The highest BCUT2D eigenvalue weighted by molar-refractivity contribution is 6.30. The van der Waals surface area contributed by atoms with Gasteiger partial charge < -0.3 is 10.2 Å². The molecule has 2 aromatic rings. The van der Waals surface area contributed by atoms with Gasteiger partial charge in [0.25, 0.3) is 5.91 Å². The Morgan fingerprint density at radius 1 is 1.33 bits per heavy atom. The second-order valence-electron chi connectivity index (χ2n) is 5.84. The number of benzene rings is 1. The van der Waals surface area contributed by atoms with Gasteiger partial charge in [-0.05, 0) is 31.2 Å². The Bertz CT molecular complexity index is 761. The van der Waals surface area contributed by atoms with E-state index in [1.807, 2.05) is 31.2 Å². The van der Waals surface area contributed by atoms with Crippen LogP contribution in [0.5, 0.6) is 0 Å². The van der Waals surface area contributed by atoms with E-state index >= 15 is 0 Å². The summed E-state index contributed by atoms with van der Waals surface area (Å²) in [6, 6.07) is 10.9. The van der Waals surface area contributed by atoms with Gasteiger partial charge in [-0.1, -0.05) is 23.7 Å². The van der Waals surface area contributed by atoms with Gasteiger partial charge in [-0.25, -0.2) is 0 Å². The fourth-order valence-electron chi connectivity index (χ4n) is 2.73. The smallest absolute Gasteiger partial charge is 0.254 e. The molecular weight excluding hydrogens is 326 g/mol. The van der Waals surface area contributed by atoms with E-state index in [9.17, 15) is 9.59 Å². The minimum Gasteiger partial charge on any atom is -0.354 e. The van der Waals surface area contributed by atoms with Gasteiger partial charge >= 0.3 is 0 Å². The van der Waals surface area contributed by atoms with Crippen LogP contribution in [0.15, 0.2) is 42.6 Å². The highest BCUT2D eigenvalue weighted by Crippen LogP contribution is 2.21. The summed E-state index contributed by atoms with van der Waals surface area (Å²) in [4.78, 5) is 30.4. The zero-order valence-electron chi connectivity index (χ0n) is 13.3. The third kappa shape index (κ3) is 3.57. The van der Waals surface area contributed by atoms with Gasteiger partial charge in [0, 0.05) is 42.9 Å². The molecule has 6 heteroatoms. The minimum absolute atomic E-state index is 0.0173. The summed E-state index contributed by atoms with van der Waals surface area (Å²) in [6.45, 7) is 2.84.